The van der Waals surface area contributed by atoms with Crippen molar-refractivity contribution < 1.29 is 23.5 Å². The fourth-order valence-corrected chi connectivity index (χ4v) is 3.05. The van der Waals surface area contributed by atoms with Crippen LogP contribution in [0.1, 0.15) is 44.8 Å². The van der Waals surface area contributed by atoms with Crippen molar-refractivity contribution in [3.8, 4) is 0 Å². The molecule has 0 aliphatic rings. The Labute approximate surface area is 173 Å². The Balaban J connectivity index is 1.65. The highest BCUT2D eigenvalue weighted by Crippen LogP contribution is 2.19. The van der Waals surface area contributed by atoms with E-state index in [0.29, 0.717) is 23.4 Å². The number of hydrogen-bond donors (Lipinski definition) is 2. The minimum atomic E-state index is -1.01. The van der Waals surface area contributed by atoms with Gasteiger partial charge in [0.2, 0.25) is 5.91 Å². The van der Waals surface area contributed by atoms with E-state index in [-0.39, 0.29) is 0 Å². The largest absolute Gasteiger partial charge is 0.467 e. The first-order valence-corrected chi connectivity index (χ1v) is 9.37. The Bertz CT molecular complexity index is 1070. The summed E-state index contributed by atoms with van der Waals surface area (Å²) in [6.45, 7) is 5.69. The van der Waals surface area contributed by atoms with Crippen molar-refractivity contribution >= 4 is 23.5 Å². The molecule has 0 spiro atoms. The maximum absolute atomic E-state index is 12.6. The lowest BCUT2D eigenvalue weighted by molar-refractivity contribution is -0.123. The minimum Gasteiger partial charge on any atom is -0.467 e. The second kappa shape index (κ2) is 8.69. The maximum Gasteiger partial charge on any atom is 0.340 e. The number of carbonyl (C=O) groups is 3. The molecule has 0 aliphatic carbocycles. The van der Waals surface area contributed by atoms with Crippen LogP contribution in [0.2, 0.25) is 0 Å². The summed E-state index contributed by atoms with van der Waals surface area (Å²) in [6, 6.07) is 11.5. The van der Waals surface area contributed by atoms with E-state index in [4.69, 9.17) is 14.9 Å². The fourth-order valence-electron chi connectivity index (χ4n) is 3.05. The smallest absolute Gasteiger partial charge is 0.340 e. The molecule has 0 radical (unpaired) electrons. The van der Waals surface area contributed by atoms with Crippen LogP contribution in [0.25, 0.3) is 0 Å². The van der Waals surface area contributed by atoms with Crippen LogP contribution in [0.5, 0.6) is 0 Å². The third-order valence-corrected chi connectivity index (χ3v) is 4.78. The molecule has 30 heavy (non-hydrogen) atoms. The van der Waals surface area contributed by atoms with E-state index in [2.05, 4.69) is 5.32 Å². The van der Waals surface area contributed by atoms with Crippen LogP contribution in [0, 0.1) is 13.8 Å². The standard InChI is InChI=1S/C22H23N3O5/c1-13-11-19(14(2)25(13)12-18-5-4-10-29-18)22(28)30-15(3)21(27)24-17-8-6-16(7-9-17)20(23)26/h4-11,15H,12H2,1-3H3,(H2,23,26)(H,24,27)/t15-/m1/s1. The number of nitrogens with zero attached hydrogens (tertiary/aromatic N) is 1. The molecule has 3 aromatic rings. The Hall–Kier alpha value is -3.81. The van der Waals surface area contributed by atoms with E-state index in [9.17, 15) is 14.4 Å². The van der Waals surface area contributed by atoms with Gasteiger partial charge in [0.1, 0.15) is 5.76 Å². The third kappa shape index (κ3) is 4.60. The van der Waals surface area contributed by atoms with Gasteiger partial charge in [-0.15, -0.1) is 0 Å². The molecule has 0 fully saturated rings. The van der Waals surface area contributed by atoms with Crippen molar-refractivity contribution in [2.75, 3.05) is 5.32 Å². The number of furan rings is 1. The molecule has 0 bridgehead atoms. The number of esters is 1. The summed E-state index contributed by atoms with van der Waals surface area (Å²) < 4.78 is 12.7. The zero-order valence-electron chi connectivity index (χ0n) is 17.0. The lowest BCUT2D eigenvalue weighted by atomic mass is 10.2. The van der Waals surface area contributed by atoms with Gasteiger partial charge in [-0.05, 0) is 63.2 Å². The van der Waals surface area contributed by atoms with Crippen LogP contribution in [-0.2, 0) is 16.1 Å². The first-order chi connectivity index (χ1) is 14.3. The van der Waals surface area contributed by atoms with Gasteiger partial charge in [-0.3, -0.25) is 9.59 Å². The van der Waals surface area contributed by atoms with Gasteiger partial charge < -0.3 is 24.8 Å². The van der Waals surface area contributed by atoms with Crippen molar-refractivity contribution in [2.45, 2.75) is 33.4 Å². The fraction of sp³-hybridized carbons (Fsp3) is 0.227. The van der Waals surface area contributed by atoms with E-state index in [1.54, 1.807) is 30.5 Å². The highest BCUT2D eigenvalue weighted by atomic mass is 16.5. The highest BCUT2D eigenvalue weighted by molar-refractivity contribution is 5.98. The number of primary amides is 1. The molecule has 156 valence electrons. The molecule has 2 heterocycles. The summed E-state index contributed by atoms with van der Waals surface area (Å²) in [4.78, 5) is 36.1. The molecule has 0 aliphatic heterocycles. The van der Waals surface area contributed by atoms with Gasteiger partial charge in [-0.25, -0.2) is 4.79 Å². The lowest BCUT2D eigenvalue weighted by Gasteiger charge is -2.14. The van der Waals surface area contributed by atoms with Gasteiger partial charge in [0.25, 0.3) is 5.91 Å². The molecule has 0 saturated heterocycles. The Kier molecular flexibility index (Phi) is 6.06. The first kappa shape index (κ1) is 20.9. The van der Waals surface area contributed by atoms with Gasteiger partial charge >= 0.3 is 5.97 Å². The lowest BCUT2D eigenvalue weighted by Crippen LogP contribution is -2.30. The Morgan fingerprint density at radius 3 is 2.47 bits per heavy atom. The summed E-state index contributed by atoms with van der Waals surface area (Å²) in [5, 5.41) is 2.64. The van der Waals surface area contributed by atoms with Gasteiger partial charge in [0.15, 0.2) is 6.10 Å². The van der Waals surface area contributed by atoms with Gasteiger partial charge in [-0.2, -0.15) is 0 Å². The number of nitrogens with two attached hydrogens (primary N) is 1. The van der Waals surface area contributed by atoms with Crippen molar-refractivity contribution in [1.29, 1.82) is 0 Å². The molecular weight excluding hydrogens is 386 g/mol. The molecule has 0 saturated carbocycles. The number of anilines is 1. The molecule has 1 atom stereocenters. The molecule has 0 unspecified atom stereocenters. The molecule has 2 amide bonds. The number of aryl methyl sites for hydroxylation is 1. The topological polar surface area (TPSA) is 117 Å². The number of nitrogens with one attached hydrogen (secondary N) is 1. The average molecular weight is 409 g/mol. The minimum absolute atomic E-state index is 0.331. The number of hydrogen-bond acceptors (Lipinski definition) is 5. The quantitative estimate of drug-likeness (QED) is 0.582. The molecule has 8 nitrogen and oxygen atoms in total. The van der Waals surface area contributed by atoms with Crippen LogP contribution in [0.15, 0.2) is 53.1 Å². The molecule has 1 aromatic carbocycles. The molecule has 3 rings (SSSR count). The summed E-state index contributed by atoms with van der Waals surface area (Å²) >= 11 is 0. The third-order valence-electron chi connectivity index (χ3n) is 4.78. The van der Waals surface area contributed by atoms with Gasteiger partial charge in [0.05, 0.1) is 18.4 Å². The number of aromatic nitrogens is 1. The van der Waals surface area contributed by atoms with Crippen LogP contribution in [0.3, 0.4) is 0 Å². The van der Waals surface area contributed by atoms with Gasteiger partial charge in [-0.1, -0.05) is 0 Å². The second-order valence-corrected chi connectivity index (χ2v) is 6.93. The summed E-state index contributed by atoms with van der Waals surface area (Å²) in [5.74, 6) is -0.855. The van der Waals surface area contributed by atoms with Crippen molar-refractivity contribution in [3.05, 3.63) is 77.0 Å². The normalized spacial score (nSPS) is 11.7. The summed E-state index contributed by atoms with van der Waals surface area (Å²) in [7, 11) is 0. The second-order valence-electron chi connectivity index (χ2n) is 6.93. The Morgan fingerprint density at radius 2 is 1.87 bits per heavy atom. The maximum atomic E-state index is 12.6. The molecule has 3 N–H and O–H groups in total. The highest BCUT2D eigenvalue weighted by Gasteiger charge is 2.23. The van der Waals surface area contributed by atoms with E-state index in [1.165, 1.54) is 19.1 Å². The van der Waals surface area contributed by atoms with Crippen LogP contribution in [-0.4, -0.2) is 28.5 Å². The first-order valence-electron chi connectivity index (χ1n) is 9.37. The van der Waals surface area contributed by atoms with Crippen LogP contribution >= 0.6 is 0 Å². The molecule has 8 heteroatoms. The predicted molar refractivity (Wildman–Crippen MR) is 110 cm³/mol. The van der Waals surface area contributed by atoms with Crippen molar-refractivity contribution in [3.63, 3.8) is 0 Å². The summed E-state index contributed by atoms with van der Waals surface area (Å²) in [6.07, 6.45) is 0.585. The van der Waals surface area contributed by atoms with E-state index in [0.717, 1.165) is 17.1 Å². The summed E-state index contributed by atoms with van der Waals surface area (Å²) in [5.41, 5.74) is 7.98. The van der Waals surface area contributed by atoms with E-state index in [1.807, 2.05) is 24.5 Å². The predicted octanol–water partition coefficient (Wildman–Crippen LogP) is 3.03. The molecular formula is C22H23N3O5. The Morgan fingerprint density at radius 1 is 1.17 bits per heavy atom. The molecule has 2 aromatic heterocycles. The number of amides is 2. The van der Waals surface area contributed by atoms with Crippen molar-refractivity contribution in [2.24, 2.45) is 5.73 Å². The van der Waals surface area contributed by atoms with E-state index < -0.39 is 23.9 Å². The number of rotatable bonds is 7. The monoisotopic (exact) mass is 409 g/mol. The number of benzene rings is 1. The SMILES string of the molecule is Cc1cc(C(=O)O[C@H](C)C(=O)Nc2ccc(C(N)=O)cc2)c(C)n1Cc1ccco1. The van der Waals surface area contributed by atoms with Crippen molar-refractivity contribution in [1.82, 2.24) is 4.57 Å². The van der Waals surface area contributed by atoms with Crippen LogP contribution < -0.4 is 11.1 Å². The number of ether oxygens (including phenoxy) is 1. The van der Waals surface area contributed by atoms with E-state index >= 15 is 0 Å². The zero-order chi connectivity index (χ0) is 21.8. The van der Waals surface area contributed by atoms with Crippen LogP contribution in [0.4, 0.5) is 5.69 Å². The number of carbonyl (C=O) groups excluding carboxylic acids is 3. The zero-order valence-corrected chi connectivity index (χ0v) is 17.0. The van der Waals surface area contributed by atoms with Gasteiger partial charge in [0, 0.05) is 22.6 Å². The average Bonchev–Trinajstić information content (AvgIpc) is 3.32.